The topological polar surface area (TPSA) is 68.1 Å². The van der Waals surface area contributed by atoms with Gasteiger partial charge in [0.15, 0.2) is 4.96 Å². The van der Waals surface area contributed by atoms with Crippen LogP contribution >= 0.6 is 11.3 Å². The lowest BCUT2D eigenvalue weighted by molar-refractivity contribution is -0.120. The van der Waals surface area contributed by atoms with E-state index in [2.05, 4.69) is 10.2 Å². The number of nitrogens with one attached hydrogen (secondary N) is 1. The first-order valence-corrected chi connectivity index (χ1v) is 10.8. The lowest BCUT2D eigenvalue weighted by Crippen LogP contribution is -2.38. The fourth-order valence-electron chi connectivity index (χ4n) is 3.46. The summed E-state index contributed by atoms with van der Waals surface area (Å²) in [5, 5.41) is 5.04. The number of amides is 1. The van der Waals surface area contributed by atoms with Crippen molar-refractivity contribution in [2.24, 2.45) is 0 Å². The minimum absolute atomic E-state index is 0.0447. The van der Waals surface area contributed by atoms with Crippen molar-refractivity contribution in [2.45, 2.75) is 12.8 Å². The van der Waals surface area contributed by atoms with Gasteiger partial charge in [-0.15, -0.1) is 11.3 Å². The molecule has 1 fully saturated rings. The van der Waals surface area contributed by atoms with Crippen LogP contribution in [0, 0.1) is 0 Å². The highest BCUT2D eigenvalue weighted by atomic mass is 32.1. The first-order chi connectivity index (χ1) is 14.2. The van der Waals surface area contributed by atoms with Crippen LogP contribution in [0.4, 0.5) is 0 Å². The van der Waals surface area contributed by atoms with E-state index in [1.54, 1.807) is 18.4 Å². The Kier molecular flexibility index (Phi) is 6.43. The third-order valence-electron chi connectivity index (χ3n) is 5.07. The molecule has 1 amide bonds. The molecular weight excluding hydrogens is 388 g/mol. The number of ether oxygens (including phenoxy) is 2. The van der Waals surface area contributed by atoms with Crippen molar-refractivity contribution in [1.82, 2.24) is 19.6 Å². The van der Waals surface area contributed by atoms with Gasteiger partial charge in [-0.25, -0.2) is 4.98 Å². The molecule has 0 aliphatic carbocycles. The Balaban J connectivity index is 1.33. The third-order valence-corrected chi connectivity index (χ3v) is 5.96. The summed E-state index contributed by atoms with van der Waals surface area (Å²) in [4.78, 5) is 20.3. The molecule has 4 rings (SSSR count). The summed E-state index contributed by atoms with van der Waals surface area (Å²) in [6.07, 6.45) is 3.29. The van der Waals surface area contributed by atoms with E-state index < -0.39 is 0 Å². The molecule has 29 heavy (non-hydrogen) atoms. The Labute approximate surface area is 174 Å². The summed E-state index contributed by atoms with van der Waals surface area (Å²) in [6, 6.07) is 7.84. The predicted molar refractivity (Wildman–Crippen MR) is 114 cm³/mol. The van der Waals surface area contributed by atoms with Gasteiger partial charge in [-0.3, -0.25) is 14.1 Å². The molecule has 0 atom stereocenters. The SMILES string of the molecule is COc1cccc(-c2cn3c(CC(=O)NCCCN4CCOCC4)csc3n2)c1. The molecule has 0 saturated carbocycles. The molecule has 2 aromatic heterocycles. The van der Waals surface area contributed by atoms with Crippen LogP contribution in [-0.4, -0.2) is 66.7 Å². The van der Waals surface area contributed by atoms with Crippen molar-refractivity contribution in [3.63, 3.8) is 0 Å². The van der Waals surface area contributed by atoms with Crippen molar-refractivity contribution in [3.8, 4) is 17.0 Å². The number of hydrogen-bond acceptors (Lipinski definition) is 6. The number of hydrogen-bond donors (Lipinski definition) is 1. The zero-order chi connectivity index (χ0) is 20.1. The molecule has 0 bridgehead atoms. The van der Waals surface area contributed by atoms with E-state index in [-0.39, 0.29) is 5.91 Å². The molecule has 0 unspecified atom stereocenters. The van der Waals surface area contributed by atoms with Crippen molar-refractivity contribution in [3.05, 3.63) is 41.5 Å². The summed E-state index contributed by atoms with van der Waals surface area (Å²) >= 11 is 1.55. The molecule has 154 valence electrons. The van der Waals surface area contributed by atoms with Crippen LogP contribution < -0.4 is 10.1 Å². The van der Waals surface area contributed by atoms with Gasteiger partial charge in [-0.1, -0.05) is 12.1 Å². The van der Waals surface area contributed by atoms with E-state index in [1.807, 2.05) is 40.2 Å². The highest BCUT2D eigenvalue weighted by Gasteiger charge is 2.13. The van der Waals surface area contributed by atoms with Crippen LogP contribution in [0.5, 0.6) is 5.75 Å². The molecule has 1 aliphatic heterocycles. The average molecular weight is 415 g/mol. The van der Waals surface area contributed by atoms with Crippen LogP contribution in [0.2, 0.25) is 0 Å². The van der Waals surface area contributed by atoms with E-state index >= 15 is 0 Å². The standard InChI is InChI=1S/C21H26N4O3S/c1-27-18-5-2-4-16(12-18)19-14-25-17(15-29-21(25)23-19)13-20(26)22-6-3-7-24-8-10-28-11-9-24/h2,4-5,12,14-15H,3,6-11,13H2,1H3,(H,22,26). The molecule has 1 N–H and O–H groups in total. The molecule has 1 aromatic carbocycles. The van der Waals surface area contributed by atoms with Gasteiger partial charge in [0.2, 0.25) is 5.91 Å². The van der Waals surface area contributed by atoms with Crippen LogP contribution in [0.1, 0.15) is 12.1 Å². The number of thiazole rings is 1. The highest BCUT2D eigenvalue weighted by Crippen LogP contribution is 2.26. The minimum Gasteiger partial charge on any atom is -0.497 e. The zero-order valence-corrected chi connectivity index (χ0v) is 17.4. The van der Waals surface area contributed by atoms with Crippen LogP contribution in [0.15, 0.2) is 35.8 Å². The number of nitrogens with zero attached hydrogens (tertiary/aromatic N) is 3. The summed E-state index contributed by atoms with van der Waals surface area (Å²) in [5.41, 5.74) is 2.83. The van der Waals surface area contributed by atoms with Gasteiger partial charge in [0.05, 0.1) is 32.4 Å². The van der Waals surface area contributed by atoms with E-state index in [0.717, 1.165) is 66.9 Å². The summed E-state index contributed by atoms with van der Waals surface area (Å²) in [7, 11) is 1.66. The zero-order valence-electron chi connectivity index (χ0n) is 16.6. The number of benzene rings is 1. The second-order valence-electron chi connectivity index (χ2n) is 7.07. The van der Waals surface area contributed by atoms with E-state index in [9.17, 15) is 4.79 Å². The number of morpholine rings is 1. The lowest BCUT2D eigenvalue weighted by Gasteiger charge is -2.26. The molecular formula is C21H26N4O3S. The molecule has 0 radical (unpaired) electrons. The maximum absolute atomic E-state index is 12.4. The van der Waals surface area contributed by atoms with Crippen molar-refractivity contribution < 1.29 is 14.3 Å². The number of fused-ring (bicyclic) bond motifs is 1. The number of aromatic nitrogens is 2. The molecule has 1 saturated heterocycles. The second kappa shape index (κ2) is 9.39. The summed E-state index contributed by atoms with van der Waals surface area (Å²) in [5.74, 6) is 0.846. The van der Waals surface area contributed by atoms with Gasteiger partial charge in [0, 0.05) is 42.5 Å². The Bertz CT molecular complexity index is 962. The molecule has 3 heterocycles. The average Bonchev–Trinajstić information content (AvgIpc) is 3.34. The first-order valence-electron chi connectivity index (χ1n) is 9.89. The van der Waals surface area contributed by atoms with Gasteiger partial charge < -0.3 is 14.8 Å². The Hall–Kier alpha value is -2.42. The number of imidazole rings is 1. The minimum atomic E-state index is 0.0447. The van der Waals surface area contributed by atoms with Gasteiger partial charge >= 0.3 is 0 Å². The molecule has 8 heteroatoms. The van der Waals surface area contributed by atoms with Gasteiger partial charge in [-0.05, 0) is 25.1 Å². The van der Waals surface area contributed by atoms with Gasteiger partial charge in [0.25, 0.3) is 0 Å². The monoisotopic (exact) mass is 414 g/mol. The Morgan fingerprint density at radius 2 is 2.21 bits per heavy atom. The number of carbonyl (C=O) groups is 1. The second-order valence-corrected chi connectivity index (χ2v) is 7.91. The van der Waals surface area contributed by atoms with Crippen LogP contribution in [-0.2, 0) is 16.0 Å². The summed E-state index contributed by atoms with van der Waals surface area (Å²) in [6.45, 7) is 5.28. The smallest absolute Gasteiger partial charge is 0.225 e. The van der Waals surface area contributed by atoms with Gasteiger partial charge in [0.1, 0.15) is 5.75 Å². The Morgan fingerprint density at radius 3 is 3.03 bits per heavy atom. The van der Waals surface area contributed by atoms with Crippen LogP contribution in [0.25, 0.3) is 16.2 Å². The van der Waals surface area contributed by atoms with Crippen molar-refractivity contribution in [2.75, 3.05) is 46.5 Å². The van der Waals surface area contributed by atoms with Crippen molar-refractivity contribution in [1.29, 1.82) is 0 Å². The van der Waals surface area contributed by atoms with Crippen molar-refractivity contribution >= 4 is 22.2 Å². The van der Waals surface area contributed by atoms with Gasteiger partial charge in [-0.2, -0.15) is 0 Å². The quantitative estimate of drug-likeness (QED) is 0.574. The Morgan fingerprint density at radius 1 is 1.34 bits per heavy atom. The molecule has 0 spiro atoms. The normalized spacial score (nSPS) is 14.9. The molecule has 7 nitrogen and oxygen atoms in total. The highest BCUT2D eigenvalue weighted by molar-refractivity contribution is 7.15. The fourth-order valence-corrected chi connectivity index (χ4v) is 4.33. The maximum Gasteiger partial charge on any atom is 0.225 e. The predicted octanol–water partition coefficient (Wildman–Crippen LogP) is 2.45. The van der Waals surface area contributed by atoms with E-state index in [4.69, 9.17) is 14.5 Å². The third kappa shape index (κ3) is 4.95. The molecule has 3 aromatic rings. The number of methoxy groups -OCH3 is 1. The van der Waals surface area contributed by atoms with E-state index in [0.29, 0.717) is 13.0 Å². The largest absolute Gasteiger partial charge is 0.497 e. The fraction of sp³-hybridized carbons (Fsp3) is 0.429. The molecule has 1 aliphatic rings. The summed E-state index contributed by atoms with van der Waals surface area (Å²) < 4.78 is 12.7. The van der Waals surface area contributed by atoms with E-state index in [1.165, 1.54) is 0 Å². The first kappa shape index (κ1) is 19.9. The lowest BCUT2D eigenvalue weighted by atomic mass is 10.1. The maximum atomic E-state index is 12.4. The number of carbonyl (C=O) groups excluding carboxylic acids is 1. The van der Waals surface area contributed by atoms with Crippen LogP contribution in [0.3, 0.4) is 0 Å². The number of rotatable bonds is 8.